The lowest BCUT2D eigenvalue weighted by Crippen LogP contribution is -2.68. The van der Waals surface area contributed by atoms with E-state index in [4.69, 9.17) is 14.5 Å². The van der Waals surface area contributed by atoms with Gasteiger partial charge in [0.15, 0.2) is 0 Å². The number of hydrogen-bond donors (Lipinski definition) is 1. The van der Waals surface area contributed by atoms with E-state index in [1.807, 2.05) is 36.7 Å². The molecule has 3 aliphatic heterocycles. The molecule has 0 radical (unpaired) electrons. The van der Waals surface area contributed by atoms with E-state index in [-0.39, 0.29) is 6.61 Å². The number of imidazole rings is 1. The number of nitrogens with zero attached hydrogens (tertiary/aromatic N) is 7. The molecule has 7 rings (SSSR count). The first kappa shape index (κ1) is 24.2. The van der Waals surface area contributed by atoms with Crippen molar-refractivity contribution >= 4 is 11.5 Å². The van der Waals surface area contributed by atoms with Gasteiger partial charge in [-0.15, -0.1) is 0 Å². The number of piperidine rings is 1. The summed E-state index contributed by atoms with van der Waals surface area (Å²) >= 11 is 0. The van der Waals surface area contributed by atoms with E-state index in [2.05, 4.69) is 31.9 Å². The molecule has 0 spiro atoms. The monoisotopic (exact) mass is 511 g/mol. The molecule has 2 bridgehead atoms. The summed E-state index contributed by atoms with van der Waals surface area (Å²) in [6.45, 7) is 4.59. The fourth-order valence-corrected chi connectivity index (χ4v) is 5.37. The number of methoxy groups -OCH3 is 1. The Hall–Kier alpha value is -4.20. The summed E-state index contributed by atoms with van der Waals surface area (Å²) in [5.41, 5.74) is 3.85. The molecule has 0 saturated carbocycles. The van der Waals surface area contributed by atoms with Crippen molar-refractivity contribution < 1.29 is 14.6 Å². The van der Waals surface area contributed by atoms with E-state index in [1.165, 1.54) is 12.0 Å². The smallest absolute Gasteiger partial charge is 0.212 e. The van der Waals surface area contributed by atoms with Crippen LogP contribution >= 0.6 is 0 Å². The summed E-state index contributed by atoms with van der Waals surface area (Å²) in [5.74, 6) is 2.16. The van der Waals surface area contributed by atoms with Gasteiger partial charge in [-0.25, -0.2) is 15.0 Å². The Morgan fingerprint density at radius 3 is 2.58 bits per heavy atom. The van der Waals surface area contributed by atoms with Crippen molar-refractivity contribution in [3.63, 3.8) is 0 Å². The fourth-order valence-electron chi connectivity index (χ4n) is 5.37. The highest BCUT2D eigenvalue weighted by Gasteiger charge is 2.44. The van der Waals surface area contributed by atoms with Gasteiger partial charge in [0.2, 0.25) is 5.88 Å². The highest BCUT2D eigenvalue weighted by molar-refractivity contribution is 5.68. The molecule has 3 unspecified atom stereocenters. The van der Waals surface area contributed by atoms with Crippen LogP contribution in [0.25, 0.3) is 16.9 Å². The van der Waals surface area contributed by atoms with Crippen LogP contribution in [0.15, 0.2) is 55.0 Å². The molecule has 0 aliphatic carbocycles. The van der Waals surface area contributed by atoms with E-state index in [9.17, 15) is 10.4 Å². The molecule has 4 aromatic rings. The average Bonchev–Trinajstić information content (AvgIpc) is 3.38. The maximum absolute atomic E-state index is 9.63. The minimum absolute atomic E-state index is 0.169. The second-order valence-electron chi connectivity index (χ2n) is 9.92. The lowest BCUT2D eigenvalue weighted by Gasteiger charge is -2.56. The molecule has 3 aliphatic rings. The topological polar surface area (TPSA) is 112 Å². The summed E-state index contributed by atoms with van der Waals surface area (Å²) < 4.78 is 12.7. The third-order valence-corrected chi connectivity index (χ3v) is 7.27. The van der Waals surface area contributed by atoms with Crippen molar-refractivity contribution in [2.45, 2.75) is 38.1 Å². The number of fused-ring (bicyclic) bond motifs is 3. The molecule has 10 nitrogen and oxygen atoms in total. The number of aliphatic hydroxyl groups excluding tert-OH is 1. The Morgan fingerprint density at radius 1 is 1.08 bits per heavy atom. The van der Waals surface area contributed by atoms with Gasteiger partial charge in [0.05, 0.1) is 25.1 Å². The number of ether oxygens (including phenoxy) is 2. The molecule has 0 amide bonds. The Labute approximate surface area is 220 Å². The number of aliphatic hydroxyl groups is 1. The van der Waals surface area contributed by atoms with E-state index in [0.29, 0.717) is 35.1 Å². The van der Waals surface area contributed by atoms with Crippen LogP contribution in [0, 0.1) is 11.3 Å². The number of piperazine rings is 1. The Morgan fingerprint density at radius 2 is 1.92 bits per heavy atom. The summed E-state index contributed by atoms with van der Waals surface area (Å²) in [7, 11) is 1.63. The molecule has 10 heteroatoms. The van der Waals surface area contributed by atoms with E-state index >= 15 is 0 Å². The zero-order valence-electron chi connectivity index (χ0n) is 21.4. The molecule has 3 saturated heterocycles. The minimum Gasteiger partial charge on any atom is -0.491 e. The highest BCUT2D eigenvalue weighted by Crippen LogP contribution is 2.36. The standard InChI is InChI=1S/C28H29N7O3/c1-18(36)17-38-24-8-25(35-23(10-29)13-31-27(35)9-24)20-4-5-26(30-12-20)33-15-21-7-22(16-33)34(21)14-19-3-6-28(37-2)32-11-19/h3-6,8-9,11-13,18,21-22,36H,7,14-17H2,1-2H3. The van der Waals surface area contributed by atoms with Crippen LogP contribution < -0.4 is 14.4 Å². The van der Waals surface area contributed by atoms with Crippen LogP contribution in [-0.4, -0.2) is 74.4 Å². The van der Waals surface area contributed by atoms with Gasteiger partial charge in [0.25, 0.3) is 0 Å². The lowest BCUT2D eigenvalue weighted by molar-refractivity contribution is -0.00876. The van der Waals surface area contributed by atoms with Crippen LogP contribution in [0.1, 0.15) is 24.6 Å². The van der Waals surface area contributed by atoms with Gasteiger partial charge in [-0.3, -0.25) is 9.30 Å². The minimum atomic E-state index is -0.593. The first-order valence-electron chi connectivity index (χ1n) is 12.7. The normalized spacial score (nSPS) is 19.6. The Balaban J connectivity index is 1.19. The van der Waals surface area contributed by atoms with Crippen molar-refractivity contribution in [2.75, 3.05) is 31.7 Å². The second-order valence-corrected chi connectivity index (χ2v) is 9.92. The van der Waals surface area contributed by atoms with Gasteiger partial charge < -0.3 is 19.5 Å². The van der Waals surface area contributed by atoms with E-state index < -0.39 is 6.10 Å². The summed E-state index contributed by atoms with van der Waals surface area (Å²) in [6.07, 6.45) is 5.89. The number of aromatic nitrogens is 4. The Bertz CT molecular complexity index is 1470. The number of rotatable bonds is 8. The van der Waals surface area contributed by atoms with Gasteiger partial charge in [-0.1, -0.05) is 6.07 Å². The SMILES string of the molecule is COc1ccc(CN2C3CC2CN(c2ccc(-c4cc(OCC(C)O)cc5ncc(C#N)n45)cn2)C3)cn1. The van der Waals surface area contributed by atoms with Crippen LogP contribution in [0.4, 0.5) is 5.82 Å². The number of pyridine rings is 3. The fraction of sp³-hybridized carbons (Fsp3) is 0.357. The molecule has 38 heavy (non-hydrogen) atoms. The molecule has 194 valence electrons. The maximum atomic E-state index is 9.63. The average molecular weight is 512 g/mol. The van der Waals surface area contributed by atoms with Crippen molar-refractivity contribution in [1.82, 2.24) is 24.3 Å². The van der Waals surface area contributed by atoms with Crippen LogP contribution in [-0.2, 0) is 6.54 Å². The van der Waals surface area contributed by atoms with E-state index in [0.717, 1.165) is 36.7 Å². The van der Waals surface area contributed by atoms with Crippen molar-refractivity contribution in [3.8, 4) is 29.0 Å². The molecule has 3 atom stereocenters. The first-order valence-corrected chi connectivity index (χ1v) is 12.7. The molecule has 4 aromatic heterocycles. The van der Waals surface area contributed by atoms with E-state index in [1.54, 1.807) is 30.7 Å². The highest BCUT2D eigenvalue weighted by atomic mass is 16.5. The quantitative estimate of drug-likeness (QED) is 0.382. The van der Waals surface area contributed by atoms with Gasteiger partial charge in [-0.2, -0.15) is 5.26 Å². The lowest BCUT2D eigenvalue weighted by atomic mass is 9.87. The molecular formula is C28H29N7O3. The van der Waals surface area contributed by atoms with Gasteiger partial charge in [0, 0.05) is 67.9 Å². The van der Waals surface area contributed by atoms with Crippen molar-refractivity contribution in [2.24, 2.45) is 0 Å². The van der Waals surface area contributed by atoms with Crippen molar-refractivity contribution in [1.29, 1.82) is 5.26 Å². The predicted octanol–water partition coefficient (Wildman–Crippen LogP) is 2.89. The molecule has 0 aromatic carbocycles. The summed E-state index contributed by atoms with van der Waals surface area (Å²) in [5, 5.41) is 19.2. The largest absolute Gasteiger partial charge is 0.491 e. The zero-order chi connectivity index (χ0) is 26.2. The summed E-state index contributed by atoms with van der Waals surface area (Å²) in [4.78, 5) is 18.4. The van der Waals surface area contributed by atoms with Gasteiger partial charge in [-0.05, 0) is 31.0 Å². The first-order chi connectivity index (χ1) is 18.5. The zero-order valence-corrected chi connectivity index (χ0v) is 21.4. The summed E-state index contributed by atoms with van der Waals surface area (Å²) in [6, 6.07) is 14.9. The Kier molecular flexibility index (Phi) is 6.31. The second kappa shape index (κ2) is 9.93. The number of nitriles is 1. The van der Waals surface area contributed by atoms with Gasteiger partial charge in [0.1, 0.15) is 35.6 Å². The number of hydrogen-bond acceptors (Lipinski definition) is 9. The van der Waals surface area contributed by atoms with Crippen LogP contribution in [0.2, 0.25) is 0 Å². The molecule has 1 N–H and O–H groups in total. The molecule has 3 fully saturated rings. The molecular weight excluding hydrogens is 482 g/mol. The maximum Gasteiger partial charge on any atom is 0.212 e. The third kappa shape index (κ3) is 4.51. The predicted molar refractivity (Wildman–Crippen MR) is 141 cm³/mol. The number of anilines is 1. The van der Waals surface area contributed by atoms with Crippen molar-refractivity contribution in [3.05, 3.63) is 66.2 Å². The molecule has 7 heterocycles. The van der Waals surface area contributed by atoms with Crippen LogP contribution in [0.5, 0.6) is 11.6 Å². The third-order valence-electron chi connectivity index (χ3n) is 7.27. The van der Waals surface area contributed by atoms with Crippen LogP contribution in [0.3, 0.4) is 0 Å². The van der Waals surface area contributed by atoms with Gasteiger partial charge >= 0.3 is 0 Å².